The average molecular weight is 348 g/mol. The average Bonchev–Trinajstić information content (AvgIpc) is 2.72. The smallest absolute Gasteiger partial charge is 0.200 e. The molecule has 1 heterocycles. The second-order valence-corrected chi connectivity index (χ2v) is 6.89. The van der Waals surface area contributed by atoms with Crippen LogP contribution in [0.2, 0.25) is 0 Å². The monoisotopic (exact) mass is 347 g/mol. The molecule has 0 N–H and O–H groups in total. The molecule has 3 aromatic rings. The summed E-state index contributed by atoms with van der Waals surface area (Å²) in [6.45, 7) is 2.09. The van der Waals surface area contributed by atoms with Gasteiger partial charge in [-0.3, -0.25) is 0 Å². The summed E-state index contributed by atoms with van der Waals surface area (Å²) in [5, 5.41) is 0. The lowest BCUT2D eigenvalue weighted by molar-refractivity contribution is -0.659. The molecule has 1 saturated carbocycles. The lowest BCUT2D eigenvalue weighted by Crippen LogP contribution is -2.30. The van der Waals surface area contributed by atoms with Crippen molar-refractivity contribution < 1.29 is 11.4 Å². The molecule has 0 bridgehead atoms. The third kappa shape index (κ3) is 3.44. The van der Waals surface area contributed by atoms with Crippen molar-refractivity contribution in [2.24, 2.45) is 7.05 Å². The van der Waals surface area contributed by atoms with Gasteiger partial charge in [-0.15, -0.1) is 0 Å². The molecule has 0 amide bonds. The second-order valence-electron chi connectivity index (χ2n) is 6.89. The quantitative estimate of drug-likeness (QED) is 0.497. The Morgan fingerprint density at radius 1 is 0.923 bits per heavy atom. The van der Waals surface area contributed by atoms with E-state index in [2.05, 4.69) is 29.7 Å². The van der Waals surface area contributed by atoms with E-state index < -0.39 is 18.6 Å². The van der Waals surface area contributed by atoms with Crippen LogP contribution in [0.3, 0.4) is 0 Å². The van der Waals surface area contributed by atoms with E-state index in [4.69, 9.17) is 6.85 Å². The Bertz CT molecular complexity index is 1110. The molecule has 1 aliphatic carbocycles. The van der Waals surface area contributed by atoms with Crippen molar-refractivity contribution in [3.05, 3.63) is 78.0 Å². The number of hydrogen-bond donors (Lipinski definition) is 0. The standard InChI is InChI=1S/C25H28N/c1-19-9-6-7-14-24(19)25-16-15-23(18-26(25)2)22-13-8-12-21(17-22)20-10-4-3-5-11-20/h6-9,12-18,20H,3-5,10-11H2,1-2H3/q+1/i10D2,11D2,20D. The zero-order chi connectivity index (χ0) is 22.4. The zero-order valence-electron chi connectivity index (χ0n) is 20.4. The van der Waals surface area contributed by atoms with Gasteiger partial charge in [-0.1, -0.05) is 61.7 Å². The fourth-order valence-electron chi connectivity index (χ4n) is 3.55. The summed E-state index contributed by atoms with van der Waals surface area (Å²) in [6, 6.07) is 19.6. The van der Waals surface area contributed by atoms with Crippen LogP contribution in [-0.4, -0.2) is 0 Å². The fraction of sp³-hybridized carbons (Fsp3) is 0.320. The Balaban J connectivity index is 1.77. The van der Waals surface area contributed by atoms with Crippen molar-refractivity contribution in [3.63, 3.8) is 0 Å². The summed E-state index contributed by atoms with van der Waals surface area (Å²) < 4.78 is 44.9. The summed E-state index contributed by atoms with van der Waals surface area (Å²) in [4.78, 5) is 0. The second kappa shape index (κ2) is 7.45. The number of aryl methyl sites for hydroxylation is 2. The molecule has 1 aromatic heterocycles. The van der Waals surface area contributed by atoms with Gasteiger partial charge in [0.25, 0.3) is 0 Å². The van der Waals surface area contributed by atoms with Crippen LogP contribution in [-0.2, 0) is 7.05 Å². The molecule has 4 rings (SSSR count). The highest BCUT2D eigenvalue weighted by atomic mass is 14.9. The van der Waals surface area contributed by atoms with Gasteiger partial charge in [0.15, 0.2) is 6.20 Å². The number of hydrogen-bond acceptors (Lipinski definition) is 0. The highest BCUT2D eigenvalue weighted by Crippen LogP contribution is 2.34. The Hall–Kier alpha value is -2.41. The molecule has 132 valence electrons. The fourth-order valence-corrected chi connectivity index (χ4v) is 3.55. The van der Waals surface area contributed by atoms with E-state index in [9.17, 15) is 0 Å². The summed E-state index contributed by atoms with van der Waals surface area (Å²) in [6.07, 6.45) is -1.00. The van der Waals surface area contributed by atoms with E-state index in [1.54, 1.807) is 18.2 Å². The minimum Gasteiger partial charge on any atom is -0.200 e. The van der Waals surface area contributed by atoms with Gasteiger partial charge in [-0.25, -0.2) is 4.57 Å². The SMILES string of the molecule is [2H]C1([2H])CCCC([2H])([2H])C1([2H])c1cccc(-c2ccc(-c3ccccc3C)[n+](C)c2)c1. The van der Waals surface area contributed by atoms with Crippen molar-refractivity contribution in [2.45, 2.75) is 44.8 Å². The van der Waals surface area contributed by atoms with E-state index in [0.29, 0.717) is 12.0 Å². The molecule has 0 spiro atoms. The maximum absolute atomic E-state index is 8.98. The first-order valence-corrected chi connectivity index (χ1v) is 9.23. The highest BCUT2D eigenvalue weighted by Gasteiger charge is 2.17. The van der Waals surface area contributed by atoms with Crippen LogP contribution in [0.1, 0.15) is 55.9 Å². The molecule has 0 saturated heterocycles. The van der Waals surface area contributed by atoms with Gasteiger partial charge < -0.3 is 0 Å². The number of pyridine rings is 1. The van der Waals surface area contributed by atoms with Crippen LogP contribution in [0.25, 0.3) is 22.4 Å². The molecular weight excluding hydrogens is 314 g/mol. The summed E-state index contributed by atoms with van der Waals surface area (Å²) in [5.41, 5.74) is 5.65. The van der Waals surface area contributed by atoms with E-state index in [0.717, 1.165) is 16.8 Å². The normalized spacial score (nSPS) is 23.1. The molecule has 0 atom stereocenters. The molecule has 0 radical (unpaired) electrons. The van der Waals surface area contributed by atoms with Crippen LogP contribution in [0.4, 0.5) is 0 Å². The molecule has 0 aliphatic heterocycles. The number of aromatic nitrogens is 1. The largest absolute Gasteiger partial charge is 0.212 e. The lowest BCUT2D eigenvalue weighted by atomic mass is 9.83. The van der Waals surface area contributed by atoms with Gasteiger partial charge in [-0.2, -0.15) is 0 Å². The van der Waals surface area contributed by atoms with Crippen molar-refractivity contribution >= 4 is 0 Å². The Kier molecular flexibility index (Phi) is 3.46. The third-order valence-electron chi connectivity index (χ3n) is 5.00. The molecule has 1 nitrogen and oxygen atoms in total. The molecule has 26 heavy (non-hydrogen) atoms. The van der Waals surface area contributed by atoms with Gasteiger partial charge >= 0.3 is 0 Å². The highest BCUT2D eigenvalue weighted by molar-refractivity contribution is 5.66. The zero-order valence-corrected chi connectivity index (χ0v) is 15.4. The Morgan fingerprint density at radius 3 is 2.50 bits per heavy atom. The summed E-state index contributed by atoms with van der Waals surface area (Å²) >= 11 is 0. The number of rotatable bonds is 3. The van der Waals surface area contributed by atoms with Crippen LogP contribution >= 0.6 is 0 Å². The van der Waals surface area contributed by atoms with E-state index in [-0.39, 0.29) is 12.8 Å². The number of nitrogens with zero attached hydrogens (tertiary/aromatic N) is 1. The van der Waals surface area contributed by atoms with Gasteiger partial charge in [0.2, 0.25) is 5.69 Å². The predicted molar refractivity (Wildman–Crippen MR) is 109 cm³/mol. The van der Waals surface area contributed by atoms with Crippen molar-refractivity contribution in [3.8, 4) is 22.4 Å². The first-order chi connectivity index (χ1) is 14.6. The maximum atomic E-state index is 8.98. The Morgan fingerprint density at radius 2 is 1.73 bits per heavy atom. The van der Waals surface area contributed by atoms with Gasteiger partial charge in [0.05, 0.1) is 0 Å². The third-order valence-corrected chi connectivity index (χ3v) is 5.00. The van der Waals surface area contributed by atoms with Crippen LogP contribution in [0.5, 0.6) is 0 Å². The minimum atomic E-state index is -1.95. The molecule has 0 unspecified atom stereocenters. The van der Waals surface area contributed by atoms with Gasteiger partial charge in [0.1, 0.15) is 7.05 Å². The maximum Gasteiger partial charge on any atom is 0.212 e. The molecule has 2 aromatic carbocycles. The molecule has 1 aliphatic rings. The van der Waals surface area contributed by atoms with Gasteiger partial charge in [-0.05, 0) is 54.4 Å². The van der Waals surface area contributed by atoms with E-state index >= 15 is 0 Å². The summed E-state index contributed by atoms with van der Waals surface area (Å²) in [7, 11) is 2.00. The topological polar surface area (TPSA) is 3.88 Å². The van der Waals surface area contributed by atoms with Crippen molar-refractivity contribution in [2.75, 3.05) is 0 Å². The first kappa shape index (κ1) is 12.1. The van der Waals surface area contributed by atoms with Crippen LogP contribution in [0.15, 0.2) is 66.9 Å². The van der Waals surface area contributed by atoms with Crippen LogP contribution in [0, 0.1) is 6.92 Å². The predicted octanol–water partition coefficient (Wildman–Crippen LogP) is 6.20. The minimum absolute atomic E-state index is 0.195. The summed E-state index contributed by atoms with van der Waals surface area (Å²) in [5.74, 6) is -1.95. The molecule has 1 fully saturated rings. The van der Waals surface area contributed by atoms with E-state index in [1.807, 2.05) is 37.5 Å². The number of benzene rings is 2. The van der Waals surface area contributed by atoms with Crippen molar-refractivity contribution in [1.29, 1.82) is 0 Å². The Labute approximate surface area is 164 Å². The lowest BCUT2D eigenvalue weighted by Gasteiger charge is -2.22. The molecule has 1 heteroatoms. The first-order valence-electron chi connectivity index (χ1n) is 11.7. The van der Waals surface area contributed by atoms with E-state index in [1.165, 1.54) is 11.1 Å². The van der Waals surface area contributed by atoms with Crippen molar-refractivity contribution in [1.82, 2.24) is 0 Å². The van der Waals surface area contributed by atoms with Gasteiger partial charge in [0, 0.05) is 24.0 Å². The van der Waals surface area contributed by atoms with Crippen LogP contribution < -0.4 is 4.57 Å². The molecular formula is C25H28N+.